The molecule has 1 heterocycles. The minimum Gasteiger partial charge on any atom is -0.317 e. The molecule has 0 bridgehead atoms. The molecule has 2 rings (SSSR count). The number of rotatable bonds is 5. The lowest BCUT2D eigenvalue weighted by Gasteiger charge is -2.26. The number of hydrogen-bond acceptors (Lipinski definition) is 3. The number of halogens is 1. The van der Waals surface area contributed by atoms with E-state index in [9.17, 15) is 4.79 Å². The molecule has 0 aliphatic carbocycles. The van der Waals surface area contributed by atoms with Crippen molar-refractivity contribution in [2.75, 3.05) is 19.6 Å². The lowest BCUT2D eigenvalue weighted by molar-refractivity contribution is -0.118. The Hall–Kier alpha value is -0.900. The Balaban J connectivity index is 0.00000106. The highest BCUT2D eigenvalue weighted by Gasteiger charge is 2.19. The molecule has 1 unspecified atom stereocenters. The van der Waals surface area contributed by atoms with Crippen LogP contribution in [-0.2, 0) is 4.79 Å². The molecule has 21 heavy (non-hydrogen) atoms. The highest BCUT2D eigenvalue weighted by atomic mass is 35.5. The molecule has 4 heteroatoms. The number of benzene rings is 1. The average Bonchev–Trinajstić information content (AvgIpc) is 2.52. The SMILES string of the molecule is CC.CC(=O)C(CNC1CCNCC1)c1ccc(Cl)cc1. The summed E-state index contributed by atoms with van der Waals surface area (Å²) < 4.78 is 0. The predicted molar refractivity (Wildman–Crippen MR) is 90.1 cm³/mol. The van der Waals surface area contributed by atoms with Crippen molar-refractivity contribution < 1.29 is 4.79 Å². The van der Waals surface area contributed by atoms with E-state index in [2.05, 4.69) is 10.6 Å². The first-order valence-corrected chi connectivity index (χ1v) is 8.24. The number of carbonyl (C=O) groups excluding carboxylic acids is 1. The van der Waals surface area contributed by atoms with Gasteiger partial charge in [0.1, 0.15) is 5.78 Å². The van der Waals surface area contributed by atoms with E-state index in [0.717, 1.165) is 31.5 Å². The first-order valence-electron chi connectivity index (χ1n) is 7.87. The molecule has 0 amide bonds. The van der Waals surface area contributed by atoms with E-state index in [-0.39, 0.29) is 11.7 Å². The van der Waals surface area contributed by atoms with Gasteiger partial charge in [-0.3, -0.25) is 4.79 Å². The quantitative estimate of drug-likeness (QED) is 0.876. The fourth-order valence-electron chi connectivity index (χ4n) is 2.50. The van der Waals surface area contributed by atoms with Crippen LogP contribution in [0.2, 0.25) is 5.02 Å². The van der Waals surface area contributed by atoms with Crippen molar-refractivity contribution >= 4 is 17.4 Å². The highest BCUT2D eigenvalue weighted by Crippen LogP contribution is 2.19. The maximum Gasteiger partial charge on any atom is 0.138 e. The van der Waals surface area contributed by atoms with E-state index >= 15 is 0 Å². The van der Waals surface area contributed by atoms with Gasteiger partial charge in [0, 0.05) is 17.6 Å². The average molecular weight is 311 g/mol. The first-order chi connectivity index (χ1) is 10.2. The molecule has 0 radical (unpaired) electrons. The van der Waals surface area contributed by atoms with Crippen molar-refractivity contribution in [2.24, 2.45) is 0 Å². The monoisotopic (exact) mass is 310 g/mol. The van der Waals surface area contributed by atoms with Crippen LogP contribution in [0.3, 0.4) is 0 Å². The molecule has 1 atom stereocenters. The zero-order valence-electron chi connectivity index (χ0n) is 13.3. The second-order valence-electron chi connectivity index (χ2n) is 5.15. The third kappa shape index (κ3) is 6.16. The van der Waals surface area contributed by atoms with Gasteiger partial charge in [0.25, 0.3) is 0 Å². The number of nitrogens with one attached hydrogen (secondary N) is 2. The Bertz CT molecular complexity index is 413. The third-order valence-corrected chi connectivity index (χ3v) is 3.96. The second kappa shape index (κ2) is 9.93. The maximum atomic E-state index is 11.8. The van der Waals surface area contributed by atoms with Gasteiger partial charge in [0.15, 0.2) is 0 Å². The Labute approximate surface area is 133 Å². The summed E-state index contributed by atoms with van der Waals surface area (Å²) in [6.07, 6.45) is 2.26. The lowest BCUT2D eigenvalue weighted by Crippen LogP contribution is -2.42. The van der Waals surface area contributed by atoms with Crippen LogP contribution < -0.4 is 10.6 Å². The van der Waals surface area contributed by atoms with Crippen LogP contribution in [0, 0.1) is 0 Å². The molecule has 1 aliphatic rings. The van der Waals surface area contributed by atoms with Crippen molar-refractivity contribution in [3.05, 3.63) is 34.9 Å². The zero-order chi connectivity index (χ0) is 15.7. The molecule has 1 aromatic carbocycles. The molecule has 1 fully saturated rings. The van der Waals surface area contributed by atoms with Crippen LogP contribution in [-0.4, -0.2) is 31.5 Å². The Morgan fingerprint density at radius 2 is 1.86 bits per heavy atom. The van der Waals surface area contributed by atoms with Crippen LogP contribution in [0.4, 0.5) is 0 Å². The second-order valence-corrected chi connectivity index (χ2v) is 5.58. The van der Waals surface area contributed by atoms with Gasteiger partial charge < -0.3 is 10.6 Å². The molecule has 1 saturated heterocycles. The van der Waals surface area contributed by atoms with E-state index in [0.29, 0.717) is 17.6 Å². The van der Waals surface area contributed by atoms with Crippen molar-refractivity contribution in [1.29, 1.82) is 0 Å². The highest BCUT2D eigenvalue weighted by molar-refractivity contribution is 6.30. The van der Waals surface area contributed by atoms with Crippen LogP contribution in [0.15, 0.2) is 24.3 Å². The summed E-state index contributed by atoms with van der Waals surface area (Å²) in [5.74, 6) is 0.121. The van der Waals surface area contributed by atoms with Gasteiger partial charge in [-0.1, -0.05) is 37.6 Å². The number of carbonyl (C=O) groups is 1. The zero-order valence-corrected chi connectivity index (χ0v) is 14.0. The minimum atomic E-state index is -0.0767. The minimum absolute atomic E-state index is 0.0767. The van der Waals surface area contributed by atoms with Gasteiger partial charge in [-0.15, -0.1) is 0 Å². The Kier molecular flexibility index (Phi) is 8.58. The van der Waals surface area contributed by atoms with Crippen LogP contribution >= 0.6 is 11.6 Å². The molecular weight excluding hydrogens is 284 g/mol. The van der Waals surface area contributed by atoms with Crippen molar-refractivity contribution in [2.45, 2.75) is 45.6 Å². The Morgan fingerprint density at radius 1 is 1.29 bits per heavy atom. The van der Waals surface area contributed by atoms with Crippen LogP contribution in [0.5, 0.6) is 0 Å². The summed E-state index contributed by atoms with van der Waals surface area (Å²) >= 11 is 5.89. The predicted octanol–water partition coefficient (Wildman–Crippen LogP) is 3.38. The van der Waals surface area contributed by atoms with Crippen LogP contribution in [0.1, 0.15) is 45.1 Å². The van der Waals surface area contributed by atoms with E-state index in [1.54, 1.807) is 6.92 Å². The van der Waals surface area contributed by atoms with Gasteiger partial charge in [-0.25, -0.2) is 0 Å². The molecule has 1 aliphatic heterocycles. The summed E-state index contributed by atoms with van der Waals surface area (Å²) in [5, 5.41) is 7.57. The number of ketones is 1. The van der Waals surface area contributed by atoms with E-state index in [4.69, 9.17) is 11.6 Å². The molecular formula is C17H27ClN2O. The van der Waals surface area contributed by atoms with Gasteiger partial charge in [0.2, 0.25) is 0 Å². The lowest BCUT2D eigenvalue weighted by atomic mass is 9.94. The molecule has 118 valence electrons. The van der Waals surface area contributed by atoms with Gasteiger partial charge >= 0.3 is 0 Å². The topological polar surface area (TPSA) is 41.1 Å². The number of Topliss-reactive ketones (excluding diaryl/α,β-unsaturated/α-hetero) is 1. The standard InChI is InChI=1S/C15H21ClN2O.C2H6/c1-11(19)15(12-2-4-13(16)5-3-12)10-18-14-6-8-17-9-7-14;1-2/h2-5,14-15,17-18H,6-10H2,1H3;1-2H3. The smallest absolute Gasteiger partial charge is 0.138 e. The van der Waals surface area contributed by atoms with E-state index in [1.807, 2.05) is 38.1 Å². The van der Waals surface area contributed by atoms with Crippen LogP contribution in [0.25, 0.3) is 0 Å². The first kappa shape index (κ1) is 18.1. The largest absolute Gasteiger partial charge is 0.317 e. The van der Waals surface area contributed by atoms with Crippen molar-refractivity contribution in [3.8, 4) is 0 Å². The van der Waals surface area contributed by atoms with Gasteiger partial charge in [0.05, 0.1) is 5.92 Å². The number of hydrogen-bond donors (Lipinski definition) is 2. The molecule has 1 aromatic rings. The fourth-order valence-corrected chi connectivity index (χ4v) is 2.63. The van der Waals surface area contributed by atoms with Crippen molar-refractivity contribution in [3.63, 3.8) is 0 Å². The van der Waals surface area contributed by atoms with Gasteiger partial charge in [-0.05, 0) is 50.6 Å². The normalized spacial score (nSPS) is 16.8. The summed E-state index contributed by atoms with van der Waals surface area (Å²) in [5.41, 5.74) is 1.04. The molecule has 0 spiro atoms. The Morgan fingerprint density at radius 3 is 2.38 bits per heavy atom. The molecule has 2 N–H and O–H groups in total. The van der Waals surface area contributed by atoms with Gasteiger partial charge in [-0.2, -0.15) is 0 Å². The van der Waals surface area contributed by atoms with Crippen molar-refractivity contribution in [1.82, 2.24) is 10.6 Å². The number of piperidine rings is 1. The van der Waals surface area contributed by atoms with E-state index in [1.165, 1.54) is 0 Å². The summed E-state index contributed by atoms with van der Waals surface area (Å²) in [6.45, 7) is 8.48. The summed E-state index contributed by atoms with van der Waals surface area (Å²) in [7, 11) is 0. The summed E-state index contributed by atoms with van der Waals surface area (Å²) in [4.78, 5) is 11.8. The third-order valence-electron chi connectivity index (χ3n) is 3.71. The molecule has 0 aromatic heterocycles. The maximum absolute atomic E-state index is 11.8. The molecule has 0 saturated carbocycles. The molecule has 3 nitrogen and oxygen atoms in total. The fraction of sp³-hybridized carbons (Fsp3) is 0.588. The summed E-state index contributed by atoms with van der Waals surface area (Å²) in [6, 6.07) is 8.10. The van der Waals surface area contributed by atoms with E-state index < -0.39 is 0 Å².